The first-order chi connectivity index (χ1) is 9.13. The predicted molar refractivity (Wildman–Crippen MR) is 80.0 cm³/mol. The summed E-state index contributed by atoms with van der Waals surface area (Å²) >= 11 is 5.81. The Labute approximate surface area is 119 Å². The van der Waals surface area contributed by atoms with E-state index < -0.39 is 0 Å². The zero-order valence-electron chi connectivity index (χ0n) is 11.2. The summed E-state index contributed by atoms with van der Waals surface area (Å²) < 4.78 is 0. The number of amides is 1. The molecule has 0 unspecified atom stereocenters. The minimum Gasteiger partial charge on any atom is -0.350 e. The van der Waals surface area contributed by atoms with Gasteiger partial charge in [-0.3, -0.25) is 4.79 Å². The molecule has 2 rings (SSSR count). The van der Waals surface area contributed by atoms with Crippen LogP contribution in [0.25, 0.3) is 6.08 Å². The van der Waals surface area contributed by atoms with Gasteiger partial charge >= 0.3 is 0 Å². The van der Waals surface area contributed by atoms with E-state index in [1.54, 1.807) is 6.08 Å². The molecule has 1 aliphatic rings. The van der Waals surface area contributed by atoms with Gasteiger partial charge in [0.25, 0.3) is 0 Å². The summed E-state index contributed by atoms with van der Waals surface area (Å²) in [6, 6.07) is 7.78. The second-order valence-corrected chi connectivity index (χ2v) is 5.79. The number of nitrogens with one attached hydrogen (secondary N) is 1. The molecule has 0 atom stereocenters. The third-order valence-electron chi connectivity index (χ3n) is 3.66. The fraction of sp³-hybridized carbons (Fsp3) is 0.438. The summed E-state index contributed by atoms with van der Waals surface area (Å²) in [7, 11) is 0. The Morgan fingerprint density at radius 3 is 2.47 bits per heavy atom. The van der Waals surface area contributed by atoms with E-state index in [2.05, 4.69) is 12.2 Å². The van der Waals surface area contributed by atoms with Crippen LogP contribution in [0.2, 0.25) is 5.02 Å². The molecule has 1 aromatic carbocycles. The van der Waals surface area contributed by atoms with Crippen LogP contribution in [0.3, 0.4) is 0 Å². The molecule has 1 amide bonds. The number of rotatable bonds is 3. The molecule has 0 aromatic heterocycles. The van der Waals surface area contributed by atoms with Crippen LogP contribution < -0.4 is 5.32 Å². The van der Waals surface area contributed by atoms with Gasteiger partial charge in [0.05, 0.1) is 0 Å². The van der Waals surface area contributed by atoms with Gasteiger partial charge in [0, 0.05) is 17.1 Å². The Morgan fingerprint density at radius 2 is 1.84 bits per heavy atom. The molecule has 0 saturated heterocycles. The van der Waals surface area contributed by atoms with Crippen molar-refractivity contribution >= 4 is 23.6 Å². The summed E-state index contributed by atoms with van der Waals surface area (Å²) in [5, 5.41) is 3.78. The van der Waals surface area contributed by atoms with Gasteiger partial charge < -0.3 is 5.32 Å². The zero-order valence-corrected chi connectivity index (χ0v) is 12.0. The highest BCUT2D eigenvalue weighted by Gasteiger charge is 2.18. The van der Waals surface area contributed by atoms with Crippen molar-refractivity contribution < 1.29 is 4.79 Å². The quantitative estimate of drug-likeness (QED) is 0.830. The van der Waals surface area contributed by atoms with E-state index in [4.69, 9.17) is 11.6 Å². The van der Waals surface area contributed by atoms with Gasteiger partial charge in [-0.15, -0.1) is 0 Å². The second-order valence-electron chi connectivity index (χ2n) is 5.35. The maximum absolute atomic E-state index is 11.8. The van der Waals surface area contributed by atoms with Crippen molar-refractivity contribution in [2.75, 3.05) is 0 Å². The van der Waals surface area contributed by atoms with Gasteiger partial charge in [-0.25, -0.2) is 0 Å². The summed E-state index contributed by atoms with van der Waals surface area (Å²) in [4.78, 5) is 11.8. The number of halogens is 1. The summed E-state index contributed by atoms with van der Waals surface area (Å²) in [5.41, 5.74) is 0.983. The molecule has 0 radical (unpaired) electrons. The van der Waals surface area contributed by atoms with Crippen LogP contribution in [0.5, 0.6) is 0 Å². The van der Waals surface area contributed by atoms with Crippen LogP contribution in [-0.4, -0.2) is 11.9 Å². The van der Waals surface area contributed by atoms with Crippen molar-refractivity contribution in [3.05, 3.63) is 40.9 Å². The molecule has 1 aliphatic carbocycles. The third kappa shape index (κ3) is 4.71. The van der Waals surface area contributed by atoms with Crippen LogP contribution in [0.1, 0.15) is 38.2 Å². The highest BCUT2D eigenvalue weighted by atomic mass is 35.5. The molecule has 19 heavy (non-hydrogen) atoms. The standard InChI is InChI=1S/C16H20ClNO/c1-12-2-9-15(10-3-12)18-16(19)11-6-13-4-7-14(17)8-5-13/h4-8,11-12,15H,2-3,9-10H2,1H3,(H,18,19)/b11-6+. The van der Waals surface area contributed by atoms with Crippen LogP contribution in [0.4, 0.5) is 0 Å². The lowest BCUT2D eigenvalue weighted by Gasteiger charge is -2.26. The van der Waals surface area contributed by atoms with Crippen molar-refractivity contribution in [2.24, 2.45) is 5.92 Å². The topological polar surface area (TPSA) is 29.1 Å². The molecule has 102 valence electrons. The average Bonchev–Trinajstić information content (AvgIpc) is 2.41. The number of hydrogen-bond acceptors (Lipinski definition) is 1. The average molecular weight is 278 g/mol. The Hall–Kier alpha value is -1.28. The van der Waals surface area contributed by atoms with Gasteiger partial charge in [0.1, 0.15) is 0 Å². The van der Waals surface area contributed by atoms with Crippen molar-refractivity contribution in [1.82, 2.24) is 5.32 Å². The number of hydrogen-bond donors (Lipinski definition) is 1. The largest absolute Gasteiger partial charge is 0.350 e. The maximum Gasteiger partial charge on any atom is 0.244 e. The molecule has 3 heteroatoms. The summed E-state index contributed by atoms with van der Waals surface area (Å²) in [6.45, 7) is 2.28. The summed E-state index contributed by atoms with van der Waals surface area (Å²) in [6.07, 6.45) is 8.04. The number of benzene rings is 1. The zero-order chi connectivity index (χ0) is 13.7. The first-order valence-corrected chi connectivity index (χ1v) is 7.25. The predicted octanol–water partition coefficient (Wildman–Crippen LogP) is 4.05. The molecule has 0 heterocycles. The minimum absolute atomic E-state index is 0.00509. The number of carbonyl (C=O) groups excluding carboxylic acids is 1. The molecule has 1 saturated carbocycles. The molecule has 0 spiro atoms. The monoisotopic (exact) mass is 277 g/mol. The third-order valence-corrected chi connectivity index (χ3v) is 3.91. The van der Waals surface area contributed by atoms with Gasteiger partial charge in [0.2, 0.25) is 5.91 Å². The fourth-order valence-electron chi connectivity index (χ4n) is 2.40. The van der Waals surface area contributed by atoms with Crippen molar-refractivity contribution in [2.45, 2.75) is 38.6 Å². The van der Waals surface area contributed by atoms with Gasteiger partial charge in [-0.1, -0.05) is 30.7 Å². The number of carbonyl (C=O) groups is 1. The fourth-order valence-corrected chi connectivity index (χ4v) is 2.53. The molecular weight excluding hydrogens is 258 g/mol. The maximum atomic E-state index is 11.8. The molecule has 0 aliphatic heterocycles. The lowest BCUT2D eigenvalue weighted by molar-refractivity contribution is -0.117. The van der Waals surface area contributed by atoms with Crippen LogP contribution >= 0.6 is 11.6 Å². The smallest absolute Gasteiger partial charge is 0.244 e. The molecular formula is C16H20ClNO. The van der Waals surface area contributed by atoms with Crippen LogP contribution in [-0.2, 0) is 4.79 Å². The van der Waals surface area contributed by atoms with Gasteiger partial charge in [-0.2, -0.15) is 0 Å². The molecule has 1 aromatic rings. The van der Waals surface area contributed by atoms with Crippen LogP contribution in [0, 0.1) is 5.92 Å². The highest BCUT2D eigenvalue weighted by molar-refractivity contribution is 6.30. The first-order valence-electron chi connectivity index (χ1n) is 6.87. The minimum atomic E-state index is -0.00509. The van der Waals surface area contributed by atoms with E-state index in [-0.39, 0.29) is 5.91 Å². The van der Waals surface area contributed by atoms with Gasteiger partial charge in [0.15, 0.2) is 0 Å². The van der Waals surface area contributed by atoms with E-state index >= 15 is 0 Å². The first kappa shape index (κ1) is 14.1. The van der Waals surface area contributed by atoms with E-state index in [1.165, 1.54) is 12.8 Å². The molecule has 1 fully saturated rings. The Balaban J connectivity index is 1.82. The molecule has 0 bridgehead atoms. The van der Waals surface area contributed by atoms with Crippen molar-refractivity contribution in [3.8, 4) is 0 Å². The van der Waals surface area contributed by atoms with E-state index in [0.29, 0.717) is 11.1 Å². The SMILES string of the molecule is CC1CCC(NC(=O)/C=C/c2ccc(Cl)cc2)CC1. The Morgan fingerprint density at radius 1 is 1.21 bits per heavy atom. The van der Waals surface area contributed by atoms with Crippen LogP contribution in [0.15, 0.2) is 30.3 Å². The van der Waals surface area contributed by atoms with Gasteiger partial charge in [-0.05, 0) is 55.4 Å². The lowest BCUT2D eigenvalue weighted by atomic mass is 9.87. The lowest BCUT2D eigenvalue weighted by Crippen LogP contribution is -2.36. The Kier molecular flexibility index (Phi) is 5.03. The van der Waals surface area contributed by atoms with E-state index in [0.717, 1.165) is 24.3 Å². The van der Waals surface area contributed by atoms with E-state index in [9.17, 15) is 4.79 Å². The summed E-state index contributed by atoms with van der Waals surface area (Å²) in [5.74, 6) is 0.798. The highest BCUT2D eigenvalue weighted by Crippen LogP contribution is 2.23. The van der Waals surface area contributed by atoms with Crippen molar-refractivity contribution in [1.29, 1.82) is 0 Å². The van der Waals surface area contributed by atoms with Crippen molar-refractivity contribution in [3.63, 3.8) is 0 Å². The molecule has 2 nitrogen and oxygen atoms in total. The molecule has 1 N–H and O–H groups in total. The van der Waals surface area contributed by atoms with E-state index in [1.807, 2.05) is 30.3 Å². The normalized spacial score (nSPS) is 23.5. The Bertz CT molecular complexity index is 444. The second kappa shape index (κ2) is 6.76.